The summed E-state index contributed by atoms with van der Waals surface area (Å²) in [6.07, 6.45) is 6.75. The summed E-state index contributed by atoms with van der Waals surface area (Å²) in [6, 6.07) is 11.8. The van der Waals surface area contributed by atoms with Crippen LogP contribution in [0, 0.1) is 5.92 Å². The molecule has 1 atom stereocenters. The Balaban J connectivity index is 1.74. The maximum atomic E-state index is 12.6. The largest absolute Gasteiger partial charge is 0.494 e. The molecular formula is C25H33N5O2S. The average Bonchev–Trinajstić information content (AvgIpc) is 3.23. The van der Waals surface area contributed by atoms with Crippen LogP contribution in [0.4, 0.5) is 0 Å². The van der Waals surface area contributed by atoms with Crippen molar-refractivity contribution in [2.75, 3.05) is 12.4 Å². The predicted octanol–water partition coefficient (Wildman–Crippen LogP) is 5.15. The first-order valence-corrected chi connectivity index (χ1v) is 12.5. The number of amides is 1. The molecule has 0 spiro atoms. The van der Waals surface area contributed by atoms with E-state index in [0.717, 1.165) is 29.8 Å². The second-order valence-corrected chi connectivity index (χ2v) is 9.33. The molecule has 8 heteroatoms. The molecule has 1 amide bonds. The number of ether oxygens (including phenoxy) is 1. The van der Waals surface area contributed by atoms with Gasteiger partial charge < -0.3 is 10.1 Å². The Labute approximate surface area is 200 Å². The number of thioether (sulfide) groups is 1. The summed E-state index contributed by atoms with van der Waals surface area (Å²) in [5.41, 5.74) is 1.81. The number of pyridine rings is 1. The van der Waals surface area contributed by atoms with E-state index in [2.05, 4.69) is 41.3 Å². The van der Waals surface area contributed by atoms with Gasteiger partial charge in [-0.3, -0.25) is 14.3 Å². The summed E-state index contributed by atoms with van der Waals surface area (Å²) < 4.78 is 7.54. The van der Waals surface area contributed by atoms with Crippen molar-refractivity contribution in [3.05, 3.63) is 48.8 Å². The monoisotopic (exact) mass is 467 g/mol. The van der Waals surface area contributed by atoms with Crippen molar-refractivity contribution in [3.8, 4) is 22.8 Å². The Kier molecular flexibility index (Phi) is 9.30. The van der Waals surface area contributed by atoms with Gasteiger partial charge >= 0.3 is 0 Å². The lowest BCUT2D eigenvalue weighted by atomic mass is 10.0. The first-order valence-electron chi connectivity index (χ1n) is 11.5. The summed E-state index contributed by atoms with van der Waals surface area (Å²) in [6.45, 7) is 9.08. The van der Waals surface area contributed by atoms with Gasteiger partial charge in [-0.1, -0.05) is 38.5 Å². The second-order valence-electron chi connectivity index (χ2n) is 8.39. The molecule has 0 aliphatic rings. The molecule has 33 heavy (non-hydrogen) atoms. The van der Waals surface area contributed by atoms with Crippen molar-refractivity contribution in [1.29, 1.82) is 0 Å². The van der Waals surface area contributed by atoms with Gasteiger partial charge in [0, 0.05) is 29.7 Å². The summed E-state index contributed by atoms with van der Waals surface area (Å²) in [4.78, 5) is 16.6. The Hall–Kier alpha value is -2.87. The van der Waals surface area contributed by atoms with Crippen LogP contribution in [-0.4, -0.2) is 44.1 Å². The SMILES string of the molecule is CCOc1ccc(-n2c(SCC(=O)NC(C)CCCC(C)C)nnc2-c2ccncc2)cc1. The highest BCUT2D eigenvalue weighted by molar-refractivity contribution is 7.99. The molecule has 0 saturated carbocycles. The lowest BCUT2D eigenvalue weighted by Crippen LogP contribution is -2.33. The smallest absolute Gasteiger partial charge is 0.230 e. The summed E-state index contributed by atoms with van der Waals surface area (Å²) >= 11 is 1.38. The third kappa shape index (κ3) is 7.32. The molecule has 1 N–H and O–H groups in total. The molecule has 3 rings (SSSR count). The van der Waals surface area contributed by atoms with Crippen LogP contribution in [0.25, 0.3) is 17.1 Å². The lowest BCUT2D eigenvalue weighted by molar-refractivity contribution is -0.119. The Bertz CT molecular complexity index is 1010. The number of rotatable bonds is 12. The molecule has 0 bridgehead atoms. The van der Waals surface area contributed by atoms with Crippen molar-refractivity contribution in [2.45, 2.75) is 58.2 Å². The van der Waals surface area contributed by atoms with Crippen LogP contribution in [0.2, 0.25) is 0 Å². The van der Waals surface area contributed by atoms with Gasteiger partial charge in [0.1, 0.15) is 5.75 Å². The zero-order valence-electron chi connectivity index (χ0n) is 19.8. The highest BCUT2D eigenvalue weighted by Crippen LogP contribution is 2.28. The van der Waals surface area contributed by atoms with Crippen molar-refractivity contribution >= 4 is 17.7 Å². The molecule has 0 aliphatic carbocycles. The fourth-order valence-corrected chi connectivity index (χ4v) is 4.26. The number of carbonyl (C=O) groups is 1. The van der Waals surface area contributed by atoms with Crippen molar-refractivity contribution in [3.63, 3.8) is 0 Å². The summed E-state index contributed by atoms with van der Waals surface area (Å²) in [5.74, 6) is 2.47. The fourth-order valence-electron chi connectivity index (χ4n) is 3.49. The topological polar surface area (TPSA) is 81.9 Å². The van der Waals surface area contributed by atoms with Crippen molar-refractivity contribution in [2.24, 2.45) is 5.92 Å². The van der Waals surface area contributed by atoms with Crippen LogP contribution < -0.4 is 10.1 Å². The molecule has 0 fully saturated rings. The van der Waals surface area contributed by atoms with Gasteiger partial charge in [-0.15, -0.1) is 10.2 Å². The number of benzene rings is 1. The van der Waals surface area contributed by atoms with Crippen molar-refractivity contribution in [1.82, 2.24) is 25.1 Å². The molecule has 0 saturated heterocycles. The van der Waals surface area contributed by atoms with Crippen LogP contribution >= 0.6 is 11.8 Å². The summed E-state index contributed by atoms with van der Waals surface area (Å²) in [5, 5.41) is 12.6. The third-order valence-electron chi connectivity index (χ3n) is 5.14. The average molecular weight is 468 g/mol. The van der Waals surface area contributed by atoms with Gasteiger partial charge in [0.25, 0.3) is 0 Å². The van der Waals surface area contributed by atoms with Gasteiger partial charge in [0.2, 0.25) is 5.91 Å². The zero-order chi connectivity index (χ0) is 23.6. The Morgan fingerprint density at radius 3 is 2.45 bits per heavy atom. The van der Waals surface area contributed by atoms with E-state index in [4.69, 9.17) is 4.74 Å². The third-order valence-corrected chi connectivity index (χ3v) is 6.07. The number of hydrogen-bond donors (Lipinski definition) is 1. The van der Waals surface area contributed by atoms with Gasteiger partial charge in [0.15, 0.2) is 11.0 Å². The first kappa shape index (κ1) is 24.8. The number of nitrogens with one attached hydrogen (secondary N) is 1. The summed E-state index contributed by atoms with van der Waals surface area (Å²) in [7, 11) is 0. The van der Waals surface area contributed by atoms with Gasteiger partial charge in [-0.2, -0.15) is 0 Å². The number of hydrogen-bond acceptors (Lipinski definition) is 6. The normalized spacial score (nSPS) is 12.0. The molecule has 2 aromatic heterocycles. The molecule has 2 heterocycles. The quantitative estimate of drug-likeness (QED) is 0.371. The highest BCUT2D eigenvalue weighted by atomic mass is 32.2. The zero-order valence-corrected chi connectivity index (χ0v) is 20.6. The van der Waals surface area contributed by atoms with Gasteiger partial charge in [0.05, 0.1) is 12.4 Å². The van der Waals surface area contributed by atoms with Crippen LogP contribution in [0.5, 0.6) is 5.75 Å². The minimum atomic E-state index is 0.00347. The minimum absolute atomic E-state index is 0.00347. The molecular weight excluding hydrogens is 434 g/mol. The fraction of sp³-hybridized carbons (Fsp3) is 0.440. The molecule has 1 aromatic carbocycles. The number of nitrogens with zero attached hydrogens (tertiary/aromatic N) is 4. The van der Waals surface area contributed by atoms with Gasteiger partial charge in [-0.25, -0.2) is 0 Å². The number of aromatic nitrogens is 4. The molecule has 0 radical (unpaired) electrons. The molecule has 3 aromatic rings. The van der Waals surface area contributed by atoms with Crippen LogP contribution in [0.15, 0.2) is 53.9 Å². The second kappa shape index (κ2) is 12.4. The Morgan fingerprint density at radius 2 is 1.79 bits per heavy atom. The maximum absolute atomic E-state index is 12.6. The number of carbonyl (C=O) groups excluding carboxylic acids is 1. The van der Waals surface area contributed by atoms with E-state index in [1.54, 1.807) is 12.4 Å². The lowest BCUT2D eigenvalue weighted by Gasteiger charge is -2.15. The van der Waals surface area contributed by atoms with Gasteiger partial charge in [-0.05, 0) is 62.6 Å². The van der Waals surface area contributed by atoms with E-state index in [0.29, 0.717) is 23.5 Å². The van der Waals surface area contributed by atoms with Crippen LogP contribution in [0.3, 0.4) is 0 Å². The van der Waals surface area contributed by atoms with E-state index in [9.17, 15) is 4.79 Å². The molecule has 0 aliphatic heterocycles. The maximum Gasteiger partial charge on any atom is 0.230 e. The highest BCUT2D eigenvalue weighted by Gasteiger charge is 2.18. The van der Waals surface area contributed by atoms with E-state index in [1.807, 2.05) is 47.9 Å². The van der Waals surface area contributed by atoms with E-state index in [-0.39, 0.29) is 17.7 Å². The van der Waals surface area contributed by atoms with E-state index in [1.165, 1.54) is 18.2 Å². The molecule has 176 valence electrons. The van der Waals surface area contributed by atoms with E-state index >= 15 is 0 Å². The van der Waals surface area contributed by atoms with E-state index < -0.39 is 0 Å². The minimum Gasteiger partial charge on any atom is -0.494 e. The molecule has 1 unspecified atom stereocenters. The predicted molar refractivity (Wildman–Crippen MR) is 133 cm³/mol. The van der Waals surface area contributed by atoms with Crippen molar-refractivity contribution < 1.29 is 9.53 Å². The van der Waals surface area contributed by atoms with Crippen LogP contribution in [0.1, 0.15) is 47.0 Å². The Morgan fingerprint density at radius 1 is 1.06 bits per heavy atom. The van der Waals surface area contributed by atoms with Crippen LogP contribution in [-0.2, 0) is 4.79 Å². The standard InChI is InChI=1S/C25H33N5O2S/c1-5-32-22-11-9-21(10-12-22)30-24(20-13-15-26-16-14-20)28-29-25(30)33-17-23(31)27-19(4)8-6-7-18(2)3/h9-16,18-19H,5-8,17H2,1-4H3,(H,27,31). The first-order chi connectivity index (χ1) is 16.0. The molecule has 7 nitrogen and oxygen atoms in total.